The van der Waals surface area contributed by atoms with Crippen LogP contribution >= 0.6 is 0 Å². The summed E-state index contributed by atoms with van der Waals surface area (Å²) in [7, 11) is 3.69. The molecule has 98 valence electrons. The highest BCUT2D eigenvalue weighted by Gasteiger charge is 2.31. The average Bonchev–Trinajstić information content (AvgIpc) is 2.37. The Labute approximate surface area is 107 Å². The van der Waals surface area contributed by atoms with E-state index < -0.39 is 0 Å². The molecular weight excluding hydrogens is 230 g/mol. The molecule has 1 saturated heterocycles. The Hall–Kier alpha value is -1.69. The summed E-state index contributed by atoms with van der Waals surface area (Å²) in [6, 6.07) is 1.73. The van der Waals surface area contributed by atoms with Crippen LogP contribution in [0.3, 0.4) is 0 Å². The van der Waals surface area contributed by atoms with E-state index in [1.807, 2.05) is 24.9 Å². The monoisotopic (exact) mass is 249 g/mol. The van der Waals surface area contributed by atoms with Crippen molar-refractivity contribution in [3.8, 4) is 0 Å². The minimum Gasteiger partial charge on any atom is -0.357 e. The topological polar surface area (TPSA) is 61.4 Å². The third-order valence-corrected chi connectivity index (χ3v) is 3.22. The highest BCUT2D eigenvalue weighted by molar-refractivity contribution is 5.85. The number of amides is 1. The number of anilines is 1. The first kappa shape index (κ1) is 12.8. The van der Waals surface area contributed by atoms with Gasteiger partial charge in [0.15, 0.2) is 0 Å². The highest BCUT2D eigenvalue weighted by atomic mass is 16.2. The number of hydrogen-bond acceptors (Lipinski definition) is 5. The van der Waals surface area contributed by atoms with E-state index >= 15 is 0 Å². The molecule has 0 bridgehead atoms. The van der Waals surface area contributed by atoms with Gasteiger partial charge in [0.25, 0.3) is 0 Å². The summed E-state index contributed by atoms with van der Waals surface area (Å²) in [5, 5.41) is 2.72. The molecule has 2 rings (SSSR count). The van der Waals surface area contributed by atoms with Gasteiger partial charge < -0.3 is 15.1 Å². The van der Waals surface area contributed by atoms with E-state index in [-0.39, 0.29) is 11.9 Å². The lowest BCUT2D eigenvalue weighted by Crippen LogP contribution is -2.58. The molecule has 1 unspecified atom stereocenters. The van der Waals surface area contributed by atoms with Crippen LogP contribution in [0.5, 0.6) is 0 Å². The number of hydrogen-bond donors (Lipinski definition) is 1. The Morgan fingerprint density at radius 1 is 1.44 bits per heavy atom. The number of rotatable bonds is 2. The fraction of sp³-hybridized carbons (Fsp3) is 0.583. The van der Waals surface area contributed by atoms with Gasteiger partial charge in [-0.1, -0.05) is 0 Å². The van der Waals surface area contributed by atoms with Crippen LogP contribution in [-0.2, 0) is 4.79 Å². The van der Waals surface area contributed by atoms with Gasteiger partial charge in [0.2, 0.25) is 5.91 Å². The summed E-state index contributed by atoms with van der Waals surface area (Å²) in [6.45, 7) is 4.36. The smallest absolute Gasteiger partial charge is 0.243 e. The van der Waals surface area contributed by atoms with E-state index in [0.29, 0.717) is 6.54 Å². The zero-order valence-electron chi connectivity index (χ0n) is 11.1. The zero-order valence-corrected chi connectivity index (χ0v) is 11.1. The maximum absolute atomic E-state index is 12.0. The Bertz CT molecular complexity index is 436. The number of likely N-dealkylation sites (N-methyl/N-ethyl adjacent to an activating group) is 2. The Balaban J connectivity index is 2.26. The first-order valence-corrected chi connectivity index (χ1v) is 6.07. The molecule has 18 heavy (non-hydrogen) atoms. The molecule has 0 radical (unpaired) electrons. The molecule has 1 aliphatic rings. The average molecular weight is 249 g/mol. The van der Waals surface area contributed by atoms with Crippen molar-refractivity contribution in [2.45, 2.75) is 13.0 Å². The summed E-state index contributed by atoms with van der Waals surface area (Å²) in [5.41, 5.74) is 0.912. The molecule has 0 saturated carbocycles. The van der Waals surface area contributed by atoms with Gasteiger partial charge >= 0.3 is 0 Å². The number of aromatic nitrogens is 2. The minimum absolute atomic E-state index is 0.0258. The summed E-state index contributed by atoms with van der Waals surface area (Å²) >= 11 is 0. The second-order valence-electron chi connectivity index (χ2n) is 4.60. The molecule has 1 N–H and O–H groups in total. The van der Waals surface area contributed by atoms with Crippen LogP contribution in [0.15, 0.2) is 12.4 Å². The molecule has 0 aromatic carbocycles. The quantitative estimate of drug-likeness (QED) is 0.776. The normalized spacial score (nSPS) is 20.8. The van der Waals surface area contributed by atoms with Crippen LogP contribution in [0.4, 0.5) is 5.82 Å². The maximum Gasteiger partial charge on any atom is 0.243 e. The molecule has 1 aliphatic heterocycles. The fourth-order valence-corrected chi connectivity index (χ4v) is 2.18. The minimum atomic E-state index is -0.192. The van der Waals surface area contributed by atoms with Crippen molar-refractivity contribution in [3.05, 3.63) is 18.1 Å². The van der Waals surface area contributed by atoms with Crippen molar-refractivity contribution in [3.63, 3.8) is 0 Å². The van der Waals surface area contributed by atoms with Gasteiger partial charge in [-0.25, -0.2) is 9.97 Å². The number of piperazine rings is 1. The zero-order chi connectivity index (χ0) is 13.1. The second kappa shape index (κ2) is 5.30. The predicted molar refractivity (Wildman–Crippen MR) is 69.5 cm³/mol. The third-order valence-electron chi connectivity index (χ3n) is 3.22. The van der Waals surface area contributed by atoms with Gasteiger partial charge in [0.1, 0.15) is 18.2 Å². The maximum atomic E-state index is 12.0. The van der Waals surface area contributed by atoms with Crippen LogP contribution in [0.25, 0.3) is 0 Å². The largest absolute Gasteiger partial charge is 0.357 e. The number of carbonyl (C=O) groups is 1. The van der Waals surface area contributed by atoms with Gasteiger partial charge in [-0.05, 0) is 14.0 Å². The fourth-order valence-electron chi connectivity index (χ4n) is 2.18. The van der Waals surface area contributed by atoms with Gasteiger partial charge in [-0.15, -0.1) is 0 Å². The van der Waals surface area contributed by atoms with Crippen LogP contribution in [0.1, 0.15) is 5.69 Å². The van der Waals surface area contributed by atoms with Crippen LogP contribution in [-0.4, -0.2) is 60.5 Å². The van der Waals surface area contributed by atoms with Gasteiger partial charge in [-0.3, -0.25) is 4.79 Å². The molecule has 1 atom stereocenters. The van der Waals surface area contributed by atoms with E-state index in [9.17, 15) is 4.79 Å². The third kappa shape index (κ3) is 2.59. The van der Waals surface area contributed by atoms with E-state index in [1.165, 1.54) is 0 Å². The summed E-state index contributed by atoms with van der Waals surface area (Å²) < 4.78 is 0. The summed E-state index contributed by atoms with van der Waals surface area (Å²) in [6.07, 6.45) is 1.55. The molecule has 6 nitrogen and oxygen atoms in total. The molecule has 1 aromatic rings. The Morgan fingerprint density at radius 3 is 2.89 bits per heavy atom. The van der Waals surface area contributed by atoms with Crippen molar-refractivity contribution < 1.29 is 4.79 Å². The molecule has 0 spiro atoms. The van der Waals surface area contributed by atoms with Crippen molar-refractivity contribution in [1.29, 1.82) is 0 Å². The molecular formula is C12H19N5O. The van der Waals surface area contributed by atoms with Gasteiger partial charge in [-0.2, -0.15) is 0 Å². The standard InChI is InChI=1S/C12H19N5O/c1-9-6-11(15-8-14-9)17-5-4-16(3)7-10(17)12(18)13-2/h6,8,10H,4-5,7H2,1-3H3,(H,13,18). The van der Waals surface area contributed by atoms with Crippen molar-refractivity contribution in [2.75, 3.05) is 38.6 Å². The summed E-state index contributed by atoms with van der Waals surface area (Å²) in [5.74, 6) is 0.849. The lowest BCUT2D eigenvalue weighted by atomic mass is 10.1. The Kier molecular flexibility index (Phi) is 3.76. The molecule has 2 heterocycles. The van der Waals surface area contributed by atoms with E-state index in [2.05, 4.69) is 20.2 Å². The van der Waals surface area contributed by atoms with E-state index in [0.717, 1.165) is 24.6 Å². The molecule has 1 aromatic heterocycles. The molecule has 1 fully saturated rings. The first-order chi connectivity index (χ1) is 8.61. The van der Waals surface area contributed by atoms with Crippen molar-refractivity contribution in [1.82, 2.24) is 20.2 Å². The second-order valence-corrected chi connectivity index (χ2v) is 4.60. The van der Waals surface area contributed by atoms with E-state index in [1.54, 1.807) is 13.4 Å². The molecule has 1 amide bonds. The van der Waals surface area contributed by atoms with Crippen molar-refractivity contribution in [2.24, 2.45) is 0 Å². The molecule has 0 aliphatic carbocycles. The number of nitrogens with one attached hydrogen (secondary N) is 1. The number of aryl methyl sites for hydroxylation is 1. The van der Waals surface area contributed by atoms with Crippen LogP contribution in [0.2, 0.25) is 0 Å². The van der Waals surface area contributed by atoms with Gasteiger partial charge in [0, 0.05) is 38.4 Å². The first-order valence-electron chi connectivity index (χ1n) is 6.07. The highest BCUT2D eigenvalue weighted by Crippen LogP contribution is 2.18. The Morgan fingerprint density at radius 2 is 2.22 bits per heavy atom. The number of carbonyl (C=O) groups excluding carboxylic acids is 1. The lowest BCUT2D eigenvalue weighted by molar-refractivity contribution is -0.122. The SMILES string of the molecule is CNC(=O)C1CN(C)CCN1c1cc(C)ncn1. The van der Waals surface area contributed by atoms with Crippen LogP contribution < -0.4 is 10.2 Å². The molecule has 6 heteroatoms. The van der Waals surface area contributed by atoms with E-state index in [4.69, 9.17) is 0 Å². The van der Waals surface area contributed by atoms with Crippen molar-refractivity contribution >= 4 is 11.7 Å². The predicted octanol–water partition coefficient (Wildman–Crippen LogP) is -0.349. The lowest BCUT2D eigenvalue weighted by Gasteiger charge is -2.39. The summed E-state index contributed by atoms with van der Waals surface area (Å²) in [4.78, 5) is 24.5. The number of nitrogens with zero attached hydrogens (tertiary/aromatic N) is 4. The van der Waals surface area contributed by atoms with Crippen LogP contribution in [0, 0.1) is 6.92 Å². The van der Waals surface area contributed by atoms with Gasteiger partial charge in [0.05, 0.1) is 0 Å².